The second-order valence-electron chi connectivity index (χ2n) is 27.8. The van der Waals surface area contributed by atoms with Crippen LogP contribution in [0.15, 0.2) is 277 Å². The molecule has 0 radical (unpaired) electrons. The summed E-state index contributed by atoms with van der Waals surface area (Å²) in [5.41, 5.74) is 26.8. The predicted octanol–water partition coefficient (Wildman–Crippen LogP) is 23.1. The van der Waals surface area contributed by atoms with Crippen molar-refractivity contribution in [3.05, 3.63) is 335 Å². The van der Waals surface area contributed by atoms with Gasteiger partial charge in [-0.3, -0.25) is 0 Å². The molecule has 19 rings (SSSR count). The number of benzene rings is 12. The highest BCUT2D eigenvalue weighted by atomic mass is 79.9. The van der Waals surface area contributed by atoms with Crippen molar-refractivity contribution < 1.29 is 18.1 Å². The fourth-order valence-electron chi connectivity index (χ4n) is 17.0. The second-order valence-corrected chi connectivity index (χ2v) is 30.4. The highest BCUT2D eigenvalue weighted by molar-refractivity contribution is 9.11. The molecule has 458 valence electrons. The first-order valence-corrected chi connectivity index (χ1v) is 34.9. The Hall–Kier alpha value is -8.34. The molecule has 0 atom stereocenters. The minimum Gasteiger partial charge on any atom is -0.454 e. The van der Waals surface area contributed by atoms with Gasteiger partial charge in [0.1, 0.15) is 22.3 Å². The van der Waals surface area contributed by atoms with E-state index in [0.29, 0.717) is 0 Å². The number of fused-ring (bicyclic) bond motifs is 24. The second kappa shape index (κ2) is 21.3. The Bertz CT molecular complexity index is 5320. The molecule has 14 aromatic rings. The highest BCUT2D eigenvalue weighted by Crippen LogP contribution is 2.65. The van der Waals surface area contributed by atoms with Crippen LogP contribution in [0, 0.1) is 0 Å². The molecule has 0 unspecified atom stereocenters. The summed E-state index contributed by atoms with van der Waals surface area (Å²) in [6, 6.07) is 92.9. The lowest BCUT2D eigenvalue weighted by Crippen LogP contribution is -2.41. The highest BCUT2D eigenvalue weighted by Gasteiger charge is 2.58. The number of halogens is 3. The van der Waals surface area contributed by atoms with Crippen molar-refractivity contribution in [2.75, 3.05) is 0 Å². The largest absolute Gasteiger partial charge is 0.495 e. The van der Waals surface area contributed by atoms with E-state index >= 15 is 0 Å². The van der Waals surface area contributed by atoms with Crippen molar-refractivity contribution in [2.45, 2.75) is 88.3 Å². The lowest BCUT2D eigenvalue weighted by molar-refractivity contribution is 0.00578. The number of rotatable bonds is 2. The van der Waals surface area contributed by atoms with Crippen molar-refractivity contribution in [3.63, 3.8) is 0 Å². The van der Waals surface area contributed by atoms with E-state index in [2.05, 4.69) is 328 Å². The van der Waals surface area contributed by atoms with E-state index in [9.17, 15) is 0 Å². The molecule has 4 aliphatic carbocycles. The Balaban J connectivity index is 0.000000118. The monoisotopic (exact) mass is 1410 g/mol. The Morgan fingerprint density at radius 2 is 0.543 bits per heavy atom. The quantitative estimate of drug-likeness (QED) is 0.162. The minimum absolute atomic E-state index is 0.0978. The maximum absolute atomic E-state index is 6.65. The van der Waals surface area contributed by atoms with E-state index in [-0.39, 0.29) is 10.8 Å². The maximum atomic E-state index is 6.65. The predicted molar refractivity (Wildman–Crippen MR) is 397 cm³/mol. The number of furan rings is 2. The van der Waals surface area contributed by atoms with Crippen molar-refractivity contribution in [1.29, 1.82) is 0 Å². The molecule has 12 aromatic carbocycles. The molecule has 4 nitrogen and oxygen atoms in total. The van der Waals surface area contributed by atoms with Gasteiger partial charge in [0, 0.05) is 37.9 Å². The van der Waals surface area contributed by atoms with Crippen LogP contribution in [0.5, 0.6) is 0 Å². The van der Waals surface area contributed by atoms with Gasteiger partial charge >= 0.3 is 7.12 Å². The standard InChI is InChI=1S/C40H27BrO.C34H33BO2.C12H6Br2O/c1-39(2)30-18-5-7-20-32(30)40(33-21-8-6-19-31(33)39)29-17-4-3-12-28(29)36-24(13-10-22-34(36)40)25-14-9-15-26-27-16-11-23-35(41)38(27)42-37(25)26;1-31(2)24-16-9-11-18-26(24)34(27-19-12-10-17-25(27)31)23-15-8-7-14-22(23)30-28(34)20-13-21-29(30)35-36-32(3,4)33(5,6)37-35;13-9-5-1-3-7-8-4-2-6-10(14)12(8)15-11(7)9/h3-23H,1-2H3;7-21H,1-6H3;1-6H. The van der Waals surface area contributed by atoms with Gasteiger partial charge in [-0.25, -0.2) is 0 Å². The lowest BCUT2D eigenvalue weighted by atomic mass is 9.55. The molecular formula is C86H66BBr3O4. The van der Waals surface area contributed by atoms with Crippen molar-refractivity contribution in [2.24, 2.45) is 0 Å². The average molecular weight is 1410 g/mol. The average Bonchev–Trinajstić information content (AvgIpc) is 1.37. The Labute approximate surface area is 574 Å². The smallest absolute Gasteiger partial charge is 0.454 e. The van der Waals surface area contributed by atoms with E-state index in [1.165, 1.54) is 94.6 Å². The zero-order valence-electron chi connectivity index (χ0n) is 53.6. The summed E-state index contributed by atoms with van der Waals surface area (Å²) < 4.78 is 28.7. The molecule has 1 fully saturated rings. The van der Waals surface area contributed by atoms with Gasteiger partial charge in [-0.1, -0.05) is 264 Å². The van der Waals surface area contributed by atoms with Crippen LogP contribution in [0.4, 0.5) is 0 Å². The number of para-hydroxylation sites is 4. The molecule has 2 aromatic heterocycles. The molecular weight excluding hydrogens is 1350 g/mol. The Morgan fingerprint density at radius 1 is 0.255 bits per heavy atom. The zero-order chi connectivity index (χ0) is 64.4. The summed E-state index contributed by atoms with van der Waals surface area (Å²) in [5, 5.41) is 4.54. The van der Waals surface area contributed by atoms with Crippen LogP contribution in [-0.2, 0) is 31.0 Å². The molecule has 2 spiro atoms. The molecule has 5 aliphatic rings. The summed E-state index contributed by atoms with van der Waals surface area (Å²) in [6.45, 7) is 18.0. The van der Waals surface area contributed by atoms with Crippen molar-refractivity contribution >= 4 is 104 Å². The first kappa shape index (κ1) is 59.4. The first-order valence-electron chi connectivity index (χ1n) is 32.5. The lowest BCUT2D eigenvalue weighted by Gasteiger charge is -2.46. The normalized spacial score (nSPS) is 16.9. The van der Waals surface area contributed by atoms with Crippen LogP contribution >= 0.6 is 47.8 Å². The molecule has 3 heterocycles. The Kier molecular flexibility index (Phi) is 13.5. The van der Waals surface area contributed by atoms with Gasteiger partial charge in [0.25, 0.3) is 0 Å². The van der Waals surface area contributed by atoms with E-state index in [1.807, 2.05) is 30.3 Å². The summed E-state index contributed by atoms with van der Waals surface area (Å²) in [4.78, 5) is 0. The van der Waals surface area contributed by atoms with Gasteiger partial charge in [0.2, 0.25) is 0 Å². The van der Waals surface area contributed by atoms with E-state index < -0.39 is 29.2 Å². The molecule has 94 heavy (non-hydrogen) atoms. The van der Waals surface area contributed by atoms with E-state index in [1.54, 1.807) is 0 Å². The van der Waals surface area contributed by atoms with E-state index in [0.717, 1.165) is 68.3 Å². The van der Waals surface area contributed by atoms with E-state index in [4.69, 9.17) is 18.1 Å². The summed E-state index contributed by atoms with van der Waals surface area (Å²) >= 11 is 10.7. The SMILES string of the molecule is Brc1cccc2c1oc1c(Br)cccc12.CC1(C)c2ccccc2C2(c3ccccc3-c3c(-c4cccc5c4oc4c(Br)cccc45)cccc32)c2ccccc21.CC1(C)c2ccccc2C2(c3ccccc3-c3c(B4OC(C)(C)C(C)(C)O4)cccc32)c2ccccc21. The maximum Gasteiger partial charge on any atom is 0.495 e. The zero-order valence-corrected chi connectivity index (χ0v) is 58.4. The first-order chi connectivity index (χ1) is 45.4. The van der Waals surface area contributed by atoms with Crippen LogP contribution in [0.1, 0.15) is 122 Å². The third-order valence-electron chi connectivity index (χ3n) is 21.9. The van der Waals surface area contributed by atoms with Gasteiger partial charge in [-0.2, -0.15) is 0 Å². The van der Waals surface area contributed by atoms with Gasteiger partial charge in [-0.05, 0) is 194 Å². The van der Waals surface area contributed by atoms with Crippen LogP contribution < -0.4 is 5.46 Å². The van der Waals surface area contributed by atoms with Crippen LogP contribution in [0.3, 0.4) is 0 Å². The fraction of sp³-hybridized carbons (Fsp3) is 0.163. The molecule has 1 aliphatic heterocycles. The van der Waals surface area contributed by atoms with Crippen LogP contribution in [-0.4, -0.2) is 18.3 Å². The van der Waals surface area contributed by atoms with Gasteiger partial charge in [0.05, 0.1) is 35.5 Å². The molecule has 8 heteroatoms. The third-order valence-corrected chi connectivity index (χ3v) is 23.8. The number of hydrogen-bond acceptors (Lipinski definition) is 4. The minimum atomic E-state index is -0.423. The number of hydrogen-bond donors (Lipinski definition) is 0. The van der Waals surface area contributed by atoms with Gasteiger partial charge < -0.3 is 18.1 Å². The van der Waals surface area contributed by atoms with Crippen molar-refractivity contribution in [1.82, 2.24) is 0 Å². The molecule has 0 saturated carbocycles. The summed E-state index contributed by atoms with van der Waals surface area (Å²) in [7, 11) is -0.423. The third kappa shape index (κ3) is 8.16. The molecule has 0 N–H and O–H groups in total. The van der Waals surface area contributed by atoms with Crippen LogP contribution in [0.2, 0.25) is 0 Å². The Morgan fingerprint density at radius 3 is 0.968 bits per heavy atom. The van der Waals surface area contributed by atoms with Gasteiger partial charge in [0.15, 0.2) is 0 Å². The summed E-state index contributed by atoms with van der Waals surface area (Å²) in [6.07, 6.45) is 0. The van der Waals surface area contributed by atoms with Gasteiger partial charge in [-0.15, -0.1) is 0 Å². The fourth-order valence-corrected chi connectivity index (χ4v) is 18.3. The van der Waals surface area contributed by atoms with Crippen molar-refractivity contribution in [3.8, 4) is 33.4 Å². The van der Waals surface area contributed by atoms with Crippen LogP contribution in [0.25, 0.3) is 77.3 Å². The molecule has 1 saturated heterocycles. The molecule has 0 amide bonds. The summed E-state index contributed by atoms with van der Waals surface area (Å²) in [5.74, 6) is 0. The topological polar surface area (TPSA) is 44.7 Å². The molecule has 0 bridgehead atoms.